The van der Waals surface area contributed by atoms with Crippen LogP contribution >= 0.6 is 0 Å². The summed E-state index contributed by atoms with van der Waals surface area (Å²) >= 11 is 0. The third-order valence-corrected chi connectivity index (χ3v) is 8.41. The highest BCUT2D eigenvalue weighted by Crippen LogP contribution is 2.33. The molecule has 5 rings (SSSR count). The van der Waals surface area contributed by atoms with E-state index >= 15 is 0 Å². The van der Waals surface area contributed by atoms with Crippen molar-refractivity contribution in [2.75, 3.05) is 32.2 Å². The van der Waals surface area contributed by atoms with E-state index < -0.39 is 11.7 Å². The molecular weight excluding hydrogens is 608 g/mol. The second-order valence-electron chi connectivity index (χ2n) is 13.2. The van der Waals surface area contributed by atoms with Crippen LogP contribution in [-0.4, -0.2) is 68.6 Å². The monoisotopic (exact) mass is 656 g/mol. The summed E-state index contributed by atoms with van der Waals surface area (Å²) in [6, 6.07) is 16.0. The van der Waals surface area contributed by atoms with Crippen LogP contribution in [0.5, 0.6) is 11.5 Å². The van der Waals surface area contributed by atoms with Gasteiger partial charge < -0.3 is 29.1 Å². The number of piperidine rings is 1. The lowest BCUT2D eigenvalue weighted by Crippen LogP contribution is -2.42. The van der Waals surface area contributed by atoms with Gasteiger partial charge in [-0.25, -0.2) is 19.3 Å². The van der Waals surface area contributed by atoms with Crippen LogP contribution in [0.4, 0.5) is 10.6 Å². The lowest BCUT2D eigenvalue weighted by atomic mass is 9.90. The van der Waals surface area contributed by atoms with Crippen LogP contribution in [0, 0.1) is 5.92 Å². The molecule has 0 radical (unpaired) electrons. The molecule has 2 aromatic carbocycles. The highest BCUT2D eigenvalue weighted by atomic mass is 16.6. The van der Waals surface area contributed by atoms with Gasteiger partial charge in [0.1, 0.15) is 23.2 Å². The van der Waals surface area contributed by atoms with Crippen molar-refractivity contribution in [3.8, 4) is 11.5 Å². The fraction of sp³-hybridized carbons (Fsp3) is 0.459. The van der Waals surface area contributed by atoms with Crippen molar-refractivity contribution in [2.24, 2.45) is 5.92 Å². The molecular formula is C37H48N6O5. The van der Waals surface area contributed by atoms with E-state index in [1.165, 1.54) is 0 Å². The van der Waals surface area contributed by atoms with E-state index in [9.17, 15) is 9.90 Å². The van der Waals surface area contributed by atoms with E-state index in [4.69, 9.17) is 29.3 Å². The van der Waals surface area contributed by atoms with Crippen molar-refractivity contribution in [1.82, 2.24) is 24.5 Å². The number of carbonyl (C=O) groups is 1. The average molecular weight is 657 g/mol. The van der Waals surface area contributed by atoms with Gasteiger partial charge in [0.15, 0.2) is 17.3 Å². The second kappa shape index (κ2) is 15.5. The predicted molar refractivity (Wildman–Crippen MR) is 186 cm³/mol. The van der Waals surface area contributed by atoms with Crippen molar-refractivity contribution < 1.29 is 24.1 Å². The summed E-state index contributed by atoms with van der Waals surface area (Å²) in [6.45, 7) is 9.84. The van der Waals surface area contributed by atoms with Crippen LogP contribution < -0.4 is 14.4 Å². The summed E-state index contributed by atoms with van der Waals surface area (Å²) in [5.41, 5.74) is 2.76. The third kappa shape index (κ3) is 8.63. The highest BCUT2D eigenvalue weighted by molar-refractivity contribution is 5.68. The molecule has 11 heteroatoms. The number of likely N-dealkylation sites (tertiary alicyclic amines) is 1. The molecule has 0 aliphatic carbocycles. The van der Waals surface area contributed by atoms with Crippen molar-refractivity contribution in [1.29, 1.82) is 0 Å². The smallest absolute Gasteiger partial charge is 0.410 e. The number of anilines is 1. The molecule has 1 unspecified atom stereocenters. The molecule has 1 amide bonds. The number of benzene rings is 2. The van der Waals surface area contributed by atoms with Gasteiger partial charge in [0.05, 0.1) is 26.1 Å². The number of aliphatic hydroxyl groups is 1. The minimum atomic E-state index is -0.826. The van der Waals surface area contributed by atoms with Crippen LogP contribution in [-0.2, 0) is 17.8 Å². The number of amides is 1. The normalized spacial score (nSPS) is 14.8. The van der Waals surface area contributed by atoms with E-state index in [0.717, 1.165) is 35.5 Å². The molecule has 0 saturated carbocycles. The molecule has 1 saturated heterocycles. The van der Waals surface area contributed by atoms with Gasteiger partial charge in [-0.1, -0.05) is 43.7 Å². The maximum atomic E-state index is 12.7. The Morgan fingerprint density at radius 3 is 2.10 bits per heavy atom. The van der Waals surface area contributed by atoms with Gasteiger partial charge in [-0.15, -0.1) is 5.10 Å². The zero-order chi connectivity index (χ0) is 34.3. The van der Waals surface area contributed by atoms with Gasteiger partial charge in [-0.3, -0.25) is 0 Å². The lowest BCUT2D eigenvalue weighted by Gasteiger charge is -2.35. The van der Waals surface area contributed by atoms with Gasteiger partial charge in [-0.05, 0) is 87.4 Å². The van der Waals surface area contributed by atoms with E-state index in [-0.39, 0.29) is 12.0 Å². The minimum Gasteiger partial charge on any atom is -0.497 e. The number of aliphatic hydroxyl groups excluding tert-OH is 1. The van der Waals surface area contributed by atoms with Crippen LogP contribution in [0.15, 0.2) is 60.8 Å². The van der Waals surface area contributed by atoms with E-state index in [1.807, 2.05) is 75.4 Å². The number of allylic oxidation sites excluding steroid dienone is 1. The molecule has 3 heterocycles. The van der Waals surface area contributed by atoms with Crippen molar-refractivity contribution in [3.63, 3.8) is 0 Å². The summed E-state index contributed by atoms with van der Waals surface area (Å²) in [7, 11) is 3.32. The number of nitrogens with zero attached hydrogens (tertiary/aromatic N) is 6. The first kappa shape index (κ1) is 34.7. The number of ether oxygens (including phenoxy) is 3. The number of hydrogen-bond acceptors (Lipinski definition) is 9. The lowest BCUT2D eigenvalue weighted by molar-refractivity contribution is 0.00690. The summed E-state index contributed by atoms with van der Waals surface area (Å²) in [5, 5.41) is 16.6. The molecule has 256 valence electrons. The molecule has 2 aromatic heterocycles. The quantitative estimate of drug-likeness (QED) is 0.175. The van der Waals surface area contributed by atoms with Gasteiger partial charge in [-0.2, -0.15) is 0 Å². The molecule has 1 atom stereocenters. The Hall–Kier alpha value is -4.64. The standard InChI is InChI=1S/C37H48N6O5/c1-7-8-9-10-32-39-35(42(24-26-11-15-29(46-5)16-12-26)25-27-13-17-30(47-6)18-14-27)34-38-23-31(43(34)40-32)33(44)28-19-21-41(22-20-28)36(45)48-37(2,3)4/h9-18,23,28,33,44H,7-8,19-22,24-25H2,1-6H3/b10-9+. The van der Waals surface area contributed by atoms with Crippen LogP contribution in [0.25, 0.3) is 11.7 Å². The second-order valence-corrected chi connectivity index (χ2v) is 13.2. The number of fused-ring (bicyclic) bond motifs is 1. The molecule has 48 heavy (non-hydrogen) atoms. The van der Waals surface area contributed by atoms with Crippen molar-refractivity contribution >= 4 is 23.6 Å². The molecule has 1 N–H and O–H groups in total. The van der Waals surface area contributed by atoms with Gasteiger partial charge in [0, 0.05) is 26.2 Å². The minimum absolute atomic E-state index is 0.0733. The average Bonchev–Trinajstić information content (AvgIpc) is 3.51. The predicted octanol–water partition coefficient (Wildman–Crippen LogP) is 6.84. The zero-order valence-corrected chi connectivity index (χ0v) is 28.9. The Morgan fingerprint density at radius 1 is 1.00 bits per heavy atom. The van der Waals surface area contributed by atoms with Crippen LogP contribution in [0.1, 0.15) is 82.1 Å². The first-order valence-electron chi connectivity index (χ1n) is 16.7. The maximum Gasteiger partial charge on any atom is 0.410 e. The number of hydrogen-bond donors (Lipinski definition) is 1. The first-order valence-corrected chi connectivity index (χ1v) is 16.7. The Balaban J connectivity index is 1.49. The summed E-state index contributed by atoms with van der Waals surface area (Å²) in [5.74, 6) is 2.70. The molecule has 1 aliphatic heterocycles. The molecule has 1 fully saturated rings. The molecule has 0 bridgehead atoms. The highest BCUT2D eigenvalue weighted by Gasteiger charge is 2.33. The molecule has 11 nitrogen and oxygen atoms in total. The zero-order valence-electron chi connectivity index (χ0n) is 28.9. The SMILES string of the molecule is CCC/C=C/c1nc(N(Cc2ccc(OC)cc2)Cc2ccc(OC)cc2)c2ncc(C(O)C3CCN(C(=O)OC(C)(C)C)CC3)n2n1. The van der Waals surface area contributed by atoms with E-state index in [2.05, 4.69) is 17.9 Å². The van der Waals surface area contributed by atoms with E-state index in [0.29, 0.717) is 62.0 Å². The maximum absolute atomic E-state index is 12.7. The topological polar surface area (TPSA) is 115 Å². The van der Waals surface area contributed by atoms with Gasteiger partial charge in [0.2, 0.25) is 0 Å². The van der Waals surface area contributed by atoms with Gasteiger partial charge in [0.25, 0.3) is 0 Å². The first-order chi connectivity index (χ1) is 23.1. The summed E-state index contributed by atoms with van der Waals surface area (Å²) < 4.78 is 18.1. The van der Waals surface area contributed by atoms with Crippen molar-refractivity contribution in [2.45, 2.75) is 78.2 Å². The molecule has 1 aliphatic rings. The molecule has 4 aromatic rings. The summed E-state index contributed by atoms with van der Waals surface area (Å²) in [4.78, 5) is 26.4. The van der Waals surface area contributed by atoms with Gasteiger partial charge >= 0.3 is 6.09 Å². The fourth-order valence-electron chi connectivity index (χ4n) is 5.81. The third-order valence-electron chi connectivity index (χ3n) is 8.41. The Labute approximate surface area is 283 Å². The van der Waals surface area contributed by atoms with Crippen LogP contribution in [0.2, 0.25) is 0 Å². The van der Waals surface area contributed by atoms with Crippen molar-refractivity contribution in [3.05, 3.63) is 83.4 Å². The number of methoxy groups -OCH3 is 2. The number of unbranched alkanes of at least 4 members (excludes halogenated alkanes) is 1. The largest absolute Gasteiger partial charge is 0.497 e. The fourth-order valence-corrected chi connectivity index (χ4v) is 5.81. The van der Waals surface area contributed by atoms with E-state index in [1.54, 1.807) is 29.8 Å². The number of carbonyl (C=O) groups excluding carboxylic acids is 1. The Bertz CT molecular complexity index is 1620. The number of imidazole rings is 1. The Kier molecular flexibility index (Phi) is 11.2. The number of aromatic nitrogens is 4. The molecule has 0 spiro atoms. The Morgan fingerprint density at radius 2 is 1.58 bits per heavy atom. The number of rotatable bonds is 12. The summed E-state index contributed by atoms with van der Waals surface area (Å²) in [6.07, 6.45) is 7.73. The van der Waals surface area contributed by atoms with Crippen LogP contribution in [0.3, 0.4) is 0 Å².